The second kappa shape index (κ2) is 8.84. The fourth-order valence-corrected chi connectivity index (χ4v) is 2.38. The zero-order valence-corrected chi connectivity index (χ0v) is 14.0. The summed E-state index contributed by atoms with van der Waals surface area (Å²) >= 11 is 0. The molecule has 0 spiro atoms. The molecule has 2 aromatic carbocycles. The molecule has 2 rings (SSSR count). The van der Waals surface area contributed by atoms with Gasteiger partial charge in [0.05, 0.1) is 13.2 Å². The van der Waals surface area contributed by atoms with Gasteiger partial charge in [-0.3, -0.25) is 9.59 Å². The molecule has 0 atom stereocenters. The number of methoxy groups -OCH3 is 1. The third-order valence-corrected chi connectivity index (χ3v) is 3.54. The molecular weight excluding hydrogens is 304 g/mol. The second-order valence-electron chi connectivity index (χ2n) is 5.49. The van der Waals surface area contributed by atoms with E-state index in [1.165, 1.54) is 6.92 Å². The molecule has 2 aromatic rings. The summed E-state index contributed by atoms with van der Waals surface area (Å²) in [4.78, 5) is 23.6. The zero-order valence-electron chi connectivity index (χ0n) is 14.0. The van der Waals surface area contributed by atoms with Crippen LogP contribution in [0.3, 0.4) is 0 Å². The summed E-state index contributed by atoms with van der Waals surface area (Å²) in [7, 11) is 1.65. The van der Waals surface area contributed by atoms with Crippen LogP contribution >= 0.6 is 0 Å². The lowest BCUT2D eigenvalue weighted by atomic mass is 10.1. The molecule has 0 saturated carbocycles. The minimum absolute atomic E-state index is 0.0338. The SMILES string of the molecule is COCc1cccc(CNC(=O)CNc2ccccc2C(C)=O)c1. The van der Waals surface area contributed by atoms with E-state index in [1.807, 2.05) is 30.3 Å². The molecule has 0 aliphatic carbocycles. The van der Waals surface area contributed by atoms with E-state index < -0.39 is 0 Å². The highest BCUT2D eigenvalue weighted by Gasteiger charge is 2.07. The third-order valence-electron chi connectivity index (χ3n) is 3.54. The Balaban J connectivity index is 1.86. The number of rotatable bonds is 8. The Morgan fingerprint density at radius 1 is 1.04 bits per heavy atom. The number of hydrogen-bond acceptors (Lipinski definition) is 4. The van der Waals surface area contributed by atoms with Crippen LogP contribution in [0.5, 0.6) is 0 Å². The Kier molecular flexibility index (Phi) is 6.51. The van der Waals surface area contributed by atoms with Crippen molar-refractivity contribution in [2.45, 2.75) is 20.1 Å². The van der Waals surface area contributed by atoms with Crippen LogP contribution in [0.15, 0.2) is 48.5 Å². The minimum atomic E-state index is -0.134. The van der Waals surface area contributed by atoms with Crippen molar-refractivity contribution in [1.29, 1.82) is 0 Å². The quantitative estimate of drug-likeness (QED) is 0.732. The van der Waals surface area contributed by atoms with Gasteiger partial charge in [-0.2, -0.15) is 0 Å². The Labute approximate surface area is 142 Å². The number of ether oxygens (including phenoxy) is 1. The van der Waals surface area contributed by atoms with Gasteiger partial charge < -0.3 is 15.4 Å². The molecule has 5 nitrogen and oxygen atoms in total. The van der Waals surface area contributed by atoms with Gasteiger partial charge in [-0.15, -0.1) is 0 Å². The monoisotopic (exact) mass is 326 g/mol. The van der Waals surface area contributed by atoms with Gasteiger partial charge in [0.2, 0.25) is 5.91 Å². The van der Waals surface area contributed by atoms with Crippen molar-refractivity contribution in [1.82, 2.24) is 5.32 Å². The fourth-order valence-electron chi connectivity index (χ4n) is 2.38. The molecule has 2 N–H and O–H groups in total. The van der Waals surface area contributed by atoms with E-state index in [9.17, 15) is 9.59 Å². The van der Waals surface area contributed by atoms with Gasteiger partial charge in [0.25, 0.3) is 0 Å². The summed E-state index contributed by atoms with van der Waals surface area (Å²) in [5.74, 6) is -0.168. The van der Waals surface area contributed by atoms with Gasteiger partial charge in [0.1, 0.15) is 0 Å². The molecule has 1 amide bonds. The summed E-state index contributed by atoms with van der Waals surface area (Å²) in [5, 5.41) is 5.87. The number of Topliss-reactive ketones (excluding diaryl/α,β-unsaturated/α-hetero) is 1. The molecule has 126 valence electrons. The number of benzene rings is 2. The second-order valence-corrected chi connectivity index (χ2v) is 5.49. The van der Waals surface area contributed by atoms with Crippen LogP contribution in [-0.2, 0) is 22.7 Å². The van der Waals surface area contributed by atoms with E-state index in [2.05, 4.69) is 10.6 Å². The predicted octanol–water partition coefficient (Wildman–Crippen LogP) is 2.76. The van der Waals surface area contributed by atoms with Gasteiger partial charge in [0, 0.05) is 24.9 Å². The lowest BCUT2D eigenvalue weighted by molar-refractivity contribution is -0.119. The van der Waals surface area contributed by atoms with Crippen molar-refractivity contribution < 1.29 is 14.3 Å². The van der Waals surface area contributed by atoms with Gasteiger partial charge in [0.15, 0.2) is 5.78 Å². The maximum absolute atomic E-state index is 12.0. The largest absolute Gasteiger partial charge is 0.380 e. The van der Waals surface area contributed by atoms with Crippen molar-refractivity contribution in [3.63, 3.8) is 0 Å². The van der Waals surface area contributed by atoms with E-state index in [0.717, 1.165) is 11.1 Å². The van der Waals surface area contributed by atoms with Crippen LogP contribution in [0.4, 0.5) is 5.69 Å². The minimum Gasteiger partial charge on any atom is -0.380 e. The molecule has 0 aliphatic rings. The molecule has 0 heterocycles. The van der Waals surface area contributed by atoms with E-state index >= 15 is 0 Å². The third kappa shape index (κ3) is 5.21. The van der Waals surface area contributed by atoms with Crippen LogP contribution < -0.4 is 10.6 Å². The van der Waals surface area contributed by atoms with Crippen LogP contribution in [0.1, 0.15) is 28.4 Å². The number of amides is 1. The lowest BCUT2D eigenvalue weighted by Crippen LogP contribution is -2.29. The normalized spacial score (nSPS) is 10.2. The van der Waals surface area contributed by atoms with Crippen LogP contribution in [0.2, 0.25) is 0 Å². The fraction of sp³-hybridized carbons (Fsp3) is 0.263. The molecule has 0 saturated heterocycles. The highest BCUT2D eigenvalue weighted by atomic mass is 16.5. The summed E-state index contributed by atoms with van der Waals surface area (Å²) in [6.45, 7) is 2.62. The van der Waals surface area contributed by atoms with Crippen LogP contribution in [0, 0.1) is 0 Å². The lowest BCUT2D eigenvalue weighted by Gasteiger charge is -2.11. The van der Waals surface area contributed by atoms with Crippen molar-refractivity contribution in [3.05, 3.63) is 65.2 Å². The number of nitrogens with one attached hydrogen (secondary N) is 2. The predicted molar refractivity (Wildman–Crippen MR) is 93.9 cm³/mol. The van der Waals surface area contributed by atoms with Crippen molar-refractivity contribution in [2.24, 2.45) is 0 Å². The number of anilines is 1. The maximum Gasteiger partial charge on any atom is 0.239 e. The van der Waals surface area contributed by atoms with Gasteiger partial charge in [-0.1, -0.05) is 36.4 Å². The first kappa shape index (κ1) is 17.7. The standard InChI is InChI=1S/C19H22N2O3/c1-14(22)17-8-3-4-9-18(17)20-12-19(23)21-11-15-6-5-7-16(10-15)13-24-2/h3-10,20H,11-13H2,1-2H3,(H,21,23). The van der Waals surface area contributed by atoms with E-state index in [4.69, 9.17) is 4.74 Å². The Morgan fingerprint density at radius 3 is 2.54 bits per heavy atom. The molecule has 0 radical (unpaired) electrons. The number of carbonyl (C=O) groups excluding carboxylic acids is 2. The van der Waals surface area contributed by atoms with Crippen LogP contribution in [-0.4, -0.2) is 25.3 Å². The first-order valence-corrected chi connectivity index (χ1v) is 7.77. The molecule has 24 heavy (non-hydrogen) atoms. The molecule has 0 aliphatic heterocycles. The molecular formula is C19H22N2O3. The average molecular weight is 326 g/mol. The Bertz CT molecular complexity index is 713. The van der Waals surface area contributed by atoms with Crippen LogP contribution in [0.25, 0.3) is 0 Å². The molecule has 0 fully saturated rings. The molecule has 5 heteroatoms. The number of carbonyl (C=O) groups is 2. The number of ketones is 1. The van der Waals surface area contributed by atoms with Crippen molar-refractivity contribution in [2.75, 3.05) is 19.0 Å². The van der Waals surface area contributed by atoms with Gasteiger partial charge in [-0.25, -0.2) is 0 Å². The van der Waals surface area contributed by atoms with Crippen molar-refractivity contribution in [3.8, 4) is 0 Å². The topological polar surface area (TPSA) is 67.4 Å². The Morgan fingerprint density at radius 2 is 1.79 bits per heavy atom. The van der Waals surface area contributed by atoms with Crippen molar-refractivity contribution >= 4 is 17.4 Å². The smallest absolute Gasteiger partial charge is 0.239 e. The van der Waals surface area contributed by atoms with Gasteiger partial charge >= 0.3 is 0 Å². The first-order valence-electron chi connectivity index (χ1n) is 7.77. The zero-order chi connectivity index (χ0) is 17.4. The van der Waals surface area contributed by atoms with Gasteiger partial charge in [-0.05, 0) is 30.2 Å². The summed E-state index contributed by atoms with van der Waals surface area (Å²) in [6.07, 6.45) is 0. The number of hydrogen-bond donors (Lipinski definition) is 2. The Hall–Kier alpha value is -2.66. The summed E-state index contributed by atoms with van der Waals surface area (Å²) in [5.41, 5.74) is 3.33. The first-order chi connectivity index (χ1) is 11.6. The molecule has 0 unspecified atom stereocenters. The highest BCUT2D eigenvalue weighted by Crippen LogP contribution is 2.15. The van der Waals surface area contributed by atoms with E-state index in [-0.39, 0.29) is 18.2 Å². The average Bonchev–Trinajstić information content (AvgIpc) is 2.59. The highest BCUT2D eigenvalue weighted by molar-refractivity contribution is 6.00. The van der Waals surface area contributed by atoms with E-state index in [1.54, 1.807) is 25.3 Å². The maximum atomic E-state index is 12.0. The summed E-state index contributed by atoms with van der Waals surface area (Å²) < 4.78 is 5.10. The summed E-state index contributed by atoms with van der Waals surface area (Å²) in [6, 6.07) is 15.0. The van der Waals surface area contributed by atoms with E-state index in [0.29, 0.717) is 24.4 Å². The molecule has 0 bridgehead atoms. The molecule has 0 aromatic heterocycles. The number of para-hydroxylation sites is 1.